The van der Waals surface area contributed by atoms with Gasteiger partial charge < -0.3 is 9.64 Å². The topological polar surface area (TPSA) is 32.8 Å². The maximum absolute atomic E-state index is 13.0. The number of para-hydroxylation sites is 1. The van der Waals surface area contributed by atoms with Crippen LogP contribution in [0.3, 0.4) is 0 Å². The third-order valence-corrected chi connectivity index (χ3v) is 8.04. The minimum absolute atomic E-state index is 0.0369. The molecule has 1 aromatic rings. The second-order valence-corrected chi connectivity index (χ2v) is 8.77. The van der Waals surface area contributed by atoms with E-state index in [-0.39, 0.29) is 16.9 Å². The van der Waals surface area contributed by atoms with Crippen molar-refractivity contribution in [1.29, 1.82) is 0 Å². The van der Waals surface area contributed by atoms with Crippen LogP contribution in [0.15, 0.2) is 36.0 Å². The van der Waals surface area contributed by atoms with Crippen LogP contribution in [-0.4, -0.2) is 42.1 Å². The summed E-state index contributed by atoms with van der Waals surface area (Å²) >= 11 is 0. The standard InChI is InChI=1S/C23H30N2O2/c1-4-23-12-8-13-24-14-11-17-16-9-6-7-10-18(16)25(20(17)22(23,24)3)19(15-23)21(26)27-5-2/h6-7,9-10,15,17,20H,4-5,8,11-14H2,1-3H3/t17?,20?,22-,23+/m1/s1. The normalized spacial score (nSPS) is 36.7. The SMILES string of the molecule is CCOC(=O)C1=C[C@]2(CC)CCCN3CCC4c5ccccc5N1C4[C@@]32C. The third-order valence-electron chi connectivity index (χ3n) is 8.04. The molecule has 2 unspecified atom stereocenters. The molecule has 5 rings (SSSR count). The molecular formula is C23H30N2O2. The van der Waals surface area contributed by atoms with E-state index < -0.39 is 0 Å². The maximum Gasteiger partial charge on any atom is 0.354 e. The Balaban J connectivity index is 1.77. The number of benzene rings is 1. The highest BCUT2D eigenvalue weighted by Gasteiger charge is 2.66. The molecule has 0 amide bonds. The van der Waals surface area contributed by atoms with E-state index in [1.54, 1.807) is 0 Å². The Morgan fingerprint density at radius 2 is 2.07 bits per heavy atom. The van der Waals surface area contributed by atoms with Crippen LogP contribution in [0.25, 0.3) is 0 Å². The fourth-order valence-corrected chi connectivity index (χ4v) is 6.81. The van der Waals surface area contributed by atoms with Crippen molar-refractivity contribution in [1.82, 2.24) is 4.90 Å². The molecule has 1 aromatic carbocycles. The number of ether oxygens (including phenoxy) is 1. The second kappa shape index (κ2) is 5.84. The van der Waals surface area contributed by atoms with Crippen LogP contribution in [-0.2, 0) is 9.53 Å². The van der Waals surface area contributed by atoms with Crippen LogP contribution >= 0.6 is 0 Å². The summed E-state index contributed by atoms with van der Waals surface area (Å²) in [5.74, 6) is 0.329. The minimum Gasteiger partial charge on any atom is -0.461 e. The van der Waals surface area contributed by atoms with E-state index in [0.717, 1.165) is 25.1 Å². The average Bonchev–Trinajstić information content (AvgIpc) is 3.02. The number of piperidine rings is 2. The molecule has 4 heterocycles. The van der Waals surface area contributed by atoms with E-state index >= 15 is 0 Å². The van der Waals surface area contributed by atoms with Gasteiger partial charge in [0.15, 0.2) is 0 Å². The van der Waals surface area contributed by atoms with Gasteiger partial charge in [-0.3, -0.25) is 4.90 Å². The van der Waals surface area contributed by atoms with Gasteiger partial charge in [0, 0.05) is 22.6 Å². The Hall–Kier alpha value is -1.81. The van der Waals surface area contributed by atoms with E-state index in [2.05, 4.69) is 54.0 Å². The zero-order valence-electron chi connectivity index (χ0n) is 16.7. The monoisotopic (exact) mass is 366 g/mol. The second-order valence-electron chi connectivity index (χ2n) is 8.77. The fourth-order valence-electron chi connectivity index (χ4n) is 6.81. The third kappa shape index (κ3) is 2.00. The molecule has 0 spiro atoms. The van der Waals surface area contributed by atoms with E-state index in [1.165, 1.54) is 30.6 Å². The molecule has 2 saturated heterocycles. The van der Waals surface area contributed by atoms with Crippen LogP contribution in [0.5, 0.6) is 0 Å². The Morgan fingerprint density at radius 3 is 2.85 bits per heavy atom. The van der Waals surface area contributed by atoms with Gasteiger partial charge >= 0.3 is 5.97 Å². The summed E-state index contributed by atoms with van der Waals surface area (Å²) in [5, 5.41) is 0. The minimum atomic E-state index is -0.162. The predicted octanol–water partition coefficient (Wildman–Crippen LogP) is 4.07. The summed E-state index contributed by atoms with van der Waals surface area (Å²) in [6, 6.07) is 9.02. The number of esters is 1. The number of rotatable bonds is 3. The molecule has 4 aliphatic heterocycles. The summed E-state index contributed by atoms with van der Waals surface area (Å²) in [5.41, 5.74) is 3.49. The first kappa shape index (κ1) is 17.3. The van der Waals surface area contributed by atoms with Crippen LogP contribution < -0.4 is 4.90 Å². The molecule has 27 heavy (non-hydrogen) atoms. The molecule has 2 fully saturated rings. The van der Waals surface area contributed by atoms with Crippen molar-refractivity contribution >= 4 is 11.7 Å². The lowest BCUT2D eigenvalue weighted by Crippen LogP contribution is -2.75. The summed E-state index contributed by atoms with van der Waals surface area (Å²) in [6.45, 7) is 9.42. The first-order valence-corrected chi connectivity index (χ1v) is 10.6. The highest BCUT2D eigenvalue weighted by Crippen LogP contribution is 2.63. The first-order valence-electron chi connectivity index (χ1n) is 10.6. The van der Waals surface area contributed by atoms with Crippen LogP contribution in [0.2, 0.25) is 0 Å². The first-order chi connectivity index (χ1) is 13.1. The molecule has 0 aliphatic carbocycles. The van der Waals surface area contributed by atoms with E-state index in [9.17, 15) is 4.79 Å². The average molecular weight is 367 g/mol. The molecule has 4 heteroatoms. The Kier molecular flexibility index (Phi) is 3.74. The van der Waals surface area contributed by atoms with Gasteiger partial charge in [-0.25, -0.2) is 4.79 Å². The fraction of sp³-hybridized carbons (Fsp3) is 0.609. The highest BCUT2D eigenvalue weighted by molar-refractivity contribution is 5.95. The number of nitrogens with zero attached hydrogens (tertiary/aromatic N) is 2. The van der Waals surface area contributed by atoms with Gasteiger partial charge in [0.05, 0.1) is 12.6 Å². The zero-order chi connectivity index (χ0) is 18.8. The lowest BCUT2D eigenvalue weighted by Gasteiger charge is -2.66. The van der Waals surface area contributed by atoms with Gasteiger partial charge in [-0.15, -0.1) is 0 Å². The van der Waals surface area contributed by atoms with Gasteiger partial charge in [0.25, 0.3) is 0 Å². The van der Waals surface area contributed by atoms with Crippen LogP contribution in [0.4, 0.5) is 5.69 Å². The van der Waals surface area contributed by atoms with Gasteiger partial charge in [0.2, 0.25) is 0 Å². The van der Waals surface area contributed by atoms with Crippen molar-refractivity contribution in [2.75, 3.05) is 24.6 Å². The number of carbonyl (C=O) groups excluding carboxylic acids is 1. The van der Waals surface area contributed by atoms with Gasteiger partial charge in [-0.1, -0.05) is 25.1 Å². The molecule has 4 nitrogen and oxygen atoms in total. The van der Waals surface area contributed by atoms with Crippen molar-refractivity contribution in [3.05, 3.63) is 41.6 Å². The summed E-state index contributed by atoms with van der Waals surface area (Å²) < 4.78 is 5.52. The molecule has 0 N–H and O–H groups in total. The summed E-state index contributed by atoms with van der Waals surface area (Å²) in [6.07, 6.45) is 6.91. The molecule has 0 radical (unpaired) electrons. The molecular weight excluding hydrogens is 336 g/mol. The maximum atomic E-state index is 13.0. The predicted molar refractivity (Wildman–Crippen MR) is 107 cm³/mol. The smallest absolute Gasteiger partial charge is 0.354 e. The molecule has 0 aromatic heterocycles. The van der Waals surface area contributed by atoms with Gasteiger partial charge in [-0.05, 0) is 70.3 Å². The number of fused-ring (bicyclic) bond motifs is 3. The van der Waals surface area contributed by atoms with E-state index in [0.29, 0.717) is 18.6 Å². The van der Waals surface area contributed by atoms with Gasteiger partial charge in [0.1, 0.15) is 5.70 Å². The van der Waals surface area contributed by atoms with Crippen molar-refractivity contribution in [3.8, 4) is 0 Å². The van der Waals surface area contributed by atoms with Crippen molar-refractivity contribution in [2.45, 2.75) is 64.0 Å². The number of hydrogen-bond acceptors (Lipinski definition) is 4. The Bertz CT molecular complexity index is 818. The van der Waals surface area contributed by atoms with Crippen LogP contribution in [0, 0.1) is 5.41 Å². The van der Waals surface area contributed by atoms with Crippen molar-refractivity contribution in [3.63, 3.8) is 0 Å². The molecule has 4 aliphatic rings. The molecule has 4 atom stereocenters. The molecule has 0 bridgehead atoms. The summed E-state index contributed by atoms with van der Waals surface area (Å²) in [4.78, 5) is 18.1. The van der Waals surface area contributed by atoms with Crippen molar-refractivity contribution in [2.24, 2.45) is 5.41 Å². The van der Waals surface area contributed by atoms with E-state index in [4.69, 9.17) is 4.74 Å². The summed E-state index contributed by atoms with van der Waals surface area (Å²) in [7, 11) is 0. The van der Waals surface area contributed by atoms with E-state index in [1.807, 2.05) is 6.92 Å². The van der Waals surface area contributed by atoms with Gasteiger partial charge in [-0.2, -0.15) is 0 Å². The Labute approximate surface area is 162 Å². The number of hydrogen-bond donors (Lipinski definition) is 0. The Morgan fingerprint density at radius 1 is 1.26 bits per heavy atom. The van der Waals surface area contributed by atoms with Crippen LogP contribution in [0.1, 0.15) is 57.9 Å². The quantitative estimate of drug-likeness (QED) is 0.755. The molecule has 144 valence electrons. The number of anilines is 1. The number of carbonyl (C=O) groups is 1. The zero-order valence-corrected chi connectivity index (χ0v) is 16.7. The lowest BCUT2D eigenvalue weighted by atomic mass is 9.54. The lowest BCUT2D eigenvalue weighted by molar-refractivity contribution is -0.140. The largest absolute Gasteiger partial charge is 0.461 e. The van der Waals surface area contributed by atoms with Crippen molar-refractivity contribution < 1.29 is 9.53 Å². The highest BCUT2D eigenvalue weighted by atomic mass is 16.5. The molecule has 0 saturated carbocycles.